The minimum atomic E-state index is -0.622. The largest absolute Gasteiger partial charge is 0.310 e. The number of hydrogen-bond acceptors (Lipinski definition) is 10. The topological polar surface area (TPSA) is 175 Å². The molecule has 6 heterocycles. The minimum absolute atomic E-state index is 0.167. The lowest BCUT2D eigenvalue weighted by Gasteiger charge is -2.18. The standard InChI is InChI=1S/C21H22N6O.C20H20N6O/c1-14-9-16(21(3,4)13-22)10-24-19(14)27-15(2)18(12-25-27)20(28)26(5)17-7-6-8-23-11-17;1-13-8-16(14(2)9-21)10-23-19(13)26-15(3)18(12-24-26)20(27)25(4)17-6-5-7-22-11-17/h6-12H,1-5H3;5-8,10-12,14H,1-4H3. The fourth-order valence-electron chi connectivity index (χ4n) is 5.68. The number of rotatable bonds is 8. The second-order valence-electron chi connectivity index (χ2n) is 13.6. The lowest BCUT2D eigenvalue weighted by atomic mass is 9.87. The molecule has 6 aromatic rings. The van der Waals surface area contributed by atoms with Gasteiger partial charge in [0, 0.05) is 38.9 Å². The molecule has 0 aliphatic carbocycles. The van der Waals surface area contributed by atoms with Gasteiger partial charge in [-0.15, -0.1) is 0 Å². The van der Waals surface area contributed by atoms with Gasteiger partial charge in [-0.2, -0.15) is 20.7 Å². The third kappa shape index (κ3) is 8.14. The quantitative estimate of drug-likeness (QED) is 0.167. The molecule has 0 saturated heterocycles. The second-order valence-corrected chi connectivity index (χ2v) is 13.6. The van der Waals surface area contributed by atoms with Crippen LogP contribution >= 0.6 is 0 Å². The van der Waals surface area contributed by atoms with E-state index in [2.05, 4.69) is 42.3 Å². The first-order valence-electron chi connectivity index (χ1n) is 17.4. The average molecular weight is 735 g/mol. The van der Waals surface area contributed by atoms with Crippen LogP contribution in [0.15, 0.2) is 86.0 Å². The zero-order valence-corrected chi connectivity index (χ0v) is 32.3. The first-order valence-corrected chi connectivity index (χ1v) is 17.4. The van der Waals surface area contributed by atoms with Crippen molar-refractivity contribution < 1.29 is 9.59 Å². The van der Waals surface area contributed by atoms with E-state index in [1.807, 2.05) is 72.7 Å². The van der Waals surface area contributed by atoms with Crippen LogP contribution in [0.1, 0.15) is 81.0 Å². The Kier molecular flexibility index (Phi) is 11.6. The summed E-state index contributed by atoms with van der Waals surface area (Å²) in [6.45, 7) is 13.1. The van der Waals surface area contributed by atoms with Crippen molar-refractivity contribution in [2.24, 2.45) is 0 Å². The normalized spacial score (nSPS) is 11.4. The van der Waals surface area contributed by atoms with Gasteiger partial charge in [-0.05, 0) is 107 Å². The molecular weight excluding hydrogens is 693 g/mol. The Labute approximate surface area is 320 Å². The molecule has 0 N–H and O–H groups in total. The van der Waals surface area contributed by atoms with E-state index >= 15 is 0 Å². The van der Waals surface area contributed by atoms with Crippen LogP contribution in [-0.4, -0.2) is 65.4 Å². The monoisotopic (exact) mass is 734 g/mol. The number of nitrogens with zero attached hydrogens (tertiary/aromatic N) is 12. The van der Waals surface area contributed by atoms with Crippen LogP contribution in [0.2, 0.25) is 0 Å². The number of hydrogen-bond donors (Lipinski definition) is 0. The Morgan fingerprint density at radius 3 is 1.60 bits per heavy atom. The van der Waals surface area contributed by atoms with E-state index in [0.717, 1.165) is 22.3 Å². The highest BCUT2D eigenvalue weighted by Gasteiger charge is 2.25. The predicted octanol–water partition coefficient (Wildman–Crippen LogP) is 6.54. The molecule has 0 fully saturated rings. The van der Waals surface area contributed by atoms with Crippen LogP contribution in [0.3, 0.4) is 0 Å². The smallest absolute Gasteiger partial charge is 0.261 e. The third-order valence-corrected chi connectivity index (χ3v) is 9.37. The van der Waals surface area contributed by atoms with Gasteiger partial charge in [-0.3, -0.25) is 19.6 Å². The molecule has 6 rings (SSSR count). The van der Waals surface area contributed by atoms with Crippen LogP contribution in [0.5, 0.6) is 0 Å². The minimum Gasteiger partial charge on any atom is -0.310 e. The molecule has 0 aliphatic rings. The number of carbonyl (C=O) groups excluding carboxylic acids is 2. The Bertz CT molecular complexity index is 2420. The van der Waals surface area contributed by atoms with E-state index < -0.39 is 5.41 Å². The zero-order chi connectivity index (χ0) is 40.0. The second kappa shape index (κ2) is 16.3. The summed E-state index contributed by atoms with van der Waals surface area (Å²) >= 11 is 0. The van der Waals surface area contributed by atoms with Gasteiger partial charge in [0.25, 0.3) is 11.8 Å². The van der Waals surface area contributed by atoms with E-state index in [9.17, 15) is 14.9 Å². The molecule has 0 spiro atoms. The highest BCUT2D eigenvalue weighted by atomic mass is 16.2. The van der Waals surface area contributed by atoms with Gasteiger partial charge in [0.15, 0.2) is 11.6 Å². The molecule has 55 heavy (non-hydrogen) atoms. The molecule has 6 aromatic heterocycles. The maximum atomic E-state index is 12.9. The zero-order valence-electron chi connectivity index (χ0n) is 32.3. The summed E-state index contributed by atoms with van der Waals surface area (Å²) in [5.41, 5.74) is 6.65. The summed E-state index contributed by atoms with van der Waals surface area (Å²) in [5.74, 6) is 0.715. The number of amides is 2. The third-order valence-electron chi connectivity index (χ3n) is 9.37. The first kappa shape index (κ1) is 39.2. The molecule has 0 saturated carbocycles. The van der Waals surface area contributed by atoms with Gasteiger partial charge >= 0.3 is 0 Å². The van der Waals surface area contributed by atoms with E-state index in [1.165, 1.54) is 0 Å². The molecule has 2 amide bonds. The molecule has 0 aromatic carbocycles. The molecule has 14 heteroatoms. The maximum Gasteiger partial charge on any atom is 0.261 e. The Morgan fingerprint density at radius 2 is 1.20 bits per heavy atom. The number of nitriles is 2. The summed E-state index contributed by atoms with van der Waals surface area (Å²) in [4.78, 5) is 45.9. The fourth-order valence-corrected chi connectivity index (χ4v) is 5.68. The number of pyridine rings is 4. The molecular formula is C41H42N12O2. The summed E-state index contributed by atoms with van der Waals surface area (Å²) in [6, 6.07) is 15.6. The summed E-state index contributed by atoms with van der Waals surface area (Å²) in [6.07, 6.45) is 13.1. The molecule has 0 radical (unpaired) electrons. The average Bonchev–Trinajstić information content (AvgIpc) is 3.78. The first-order chi connectivity index (χ1) is 26.2. The molecule has 0 bridgehead atoms. The molecule has 0 aliphatic heterocycles. The lowest BCUT2D eigenvalue weighted by molar-refractivity contribution is 0.0984. The molecule has 14 nitrogen and oxygen atoms in total. The van der Waals surface area contributed by atoms with Crippen LogP contribution in [0, 0.1) is 50.4 Å². The summed E-state index contributed by atoms with van der Waals surface area (Å²) in [7, 11) is 3.41. The van der Waals surface area contributed by atoms with Gasteiger partial charge in [0.1, 0.15) is 0 Å². The van der Waals surface area contributed by atoms with Crippen molar-refractivity contribution >= 4 is 23.2 Å². The van der Waals surface area contributed by atoms with Gasteiger partial charge in [0.05, 0.1) is 82.1 Å². The fraction of sp³-hybridized carbons (Fsp3) is 0.268. The van der Waals surface area contributed by atoms with Crippen molar-refractivity contribution in [3.63, 3.8) is 0 Å². The van der Waals surface area contributed by atoms with Crippen molar-refractivity contribution in [3.8, 4) is 23.8 Å². The molecule has 278 valence electrons. The van der Waals surface area contributed by atoms with Gasteiger partial charge in [0.2, 0.25) is 0 Å². The van der Waals surface area contributed by atoms with Crippen molar-refractivity contribution in [1.82, 2.24) is 39.5 Å². The maximum absolute atomic E-state index is 12.9. The van der Waals surface area contributed by atoms with Crippen LogP contribution in [0.25, 0.3) is 11.6 Å². The number of anilines is 2. The van der Waals surface area contributed by atoms with Crippen molar-refractivity contribution in [2.75, 3.05) is 23.9 Å². The van der Waals surface area contributed by atoms with E-state index in [1.54, 1.807) is 95.0 Å². The highest BCUT2D eigenvalue weighted by Crippen LogP contribution is 2.26. The Morgan fingerprint density at radius 1 is 0.727 bits per heavy atom. The molecule has 1 atom stereocenters. The van der Waals surface area contributed by atoms with Crippen molar-refractivity contribution in [1.29, 1.82) is 10.5 Å². The highest BCUT2D eigenvalue weighted by molar-refractivity contribution is 6.07. The number of aromatic nitrogens is 8. The van der Waals surface area contributed by atoms with Crippen LogP contribution < -0.4 is 9.80 Å². The van der Waals surface area contributed by atoms with Gasteiger partial charge in [-0.1, -0.05) is 0 Å². The molecule has 1 unspecified atom stereocenters. The Balaban J connectivity index is 0.000000211. The van der Waals surface area contributed by atoms with E-state index in [4.69, 9.17) is 5.26 Å². The summed E-state index contributed by atoms with van der Waals surface area (Å²) in [5, 5.41) is 27.2. The van der Waals surface area contributed by atoms with Crippen molar-refractivity contribution in [3.05, 3.63) is 131 Å². The van der Waals surface area contributed by atoms with Gasteiger partial charge < -0.3 is 9.80 Å². The van der Waals surface area contributed by atoms with Gasteiger partial charge in [-0.25, -0.2) is 19.3 Å². The summed E-state index contributed by atoms with van der Waals surface area (Å²) < 4.78 is 3.31. The number of aryl methyl sites for hydroxylation is 2. The predicted molar refractivity (Wildman–Crippen MR) is 208 cm³/mol. The van der Waals surface area contributed by atoms with Crippen LogP contribution in [-0.2, 0) is 5.41 Å². The number of carbonyl (C=O) groups is 2. The SMILES string of the molecule is Cc1cc(C(C)(C)C#N)cnc1-n1ncc(C(=O)N(C)c2cccnc2)c1C.Cc1cc(C(C)C#N)cnc1-n1ncc(C(=O)N(C)c2cccnc2)c1C. The lowest BCUT2D eigenvalue weighted by Crippen LogP contribution is -2.26. The Hall–Kier alpha value is -7.06. The van der Waals surface area contributed by atoms with Crippen molar-refractivity contribution in [2.45, 2.75) is 59.8 Å². The van der Waals surface area contributed by atoms with E-state index in [-0.39, 0.29) is 17.7 Å². The van der Waals surface area contributed by atoms with E-state index in [0.29, 0.717) is 45.5 Å². The van der Waals surface area contributed by atoms with Crippen LogP contribution in [0.4, 0.5) is 11.4 Å².